The van der Waals surface area contributed by atoms with Crippen LogP contribution < -0.4 is 11.1 Å². The van der Waals surface area contributed by atoms with E-state index >= 15 is 0 Å². The topological polar surface area (TPSA) is 63.8 Å². The number of nitrogens with two attached hydrogens (primary N) is 1. The van der Waals surface area contributed by atoms with Crippen LogP contribution in [0.2, 0.25) is 0 Å². The molecule has 0 aliphatic carbocycles. The summed E-state index contributed by atoms with van der Waals surface area (Å²) in [6.07, 6.45) is 2.65. The van der Waals surface area contributed by atoms with Crippen LogP contribution in [0.25, 0.3) is 0 Å². The first-order valence-electron chi connectivity index (χ1n) is 3.99. The highest BCUT2D eigenvalue weighted by Crippen LogP contribution is 2.29. The van der Waals surface area contributed by atoms with Crippen LogP contribution in [0, 0.1) is 0 Å². The maximum Gasteiger partial charge on any atom is 0.441 e. The fraction of sp³-hybridized carbons (Fsp3) is 0.429. The van der Waals surface area contributed by atoms with Crippen LogP contribution in [0.15, 0.2) is 12.5 Å². The van der Waals surface area contributed by atoms with E-state index in [9.17, 15) is 13.2 Å². The zero-order valence-electron chi connectivity index (χ0n) is 7.58. The second kappa shape index (κ2) is 5.06. The number of thioether (sulfide) groups is 1. The number of anilines is 2. The molecule has 1 rings (SSSR count). The summed E-state index contributed by atoms with van der Waals surface area (Å²) in [7, 11) is 0. The lowest BCUT2D eigenvalue weighted by molar-refractivity contribution is -0.0327. The van der Waals surface area contributed by atoms with Gasteiger partial charge in [0.05, 0.1) is 11.9 Å². The van der Waals surface area contributed by atoms with Crippen molar-refractivity contribution in [3.63, 3.8) is 0 Å². The van der Waals surface area contributed by atoms with E-state index in [2.05, 4.69) is 15.3 Å². The van der Waals surface area contributed by atoms with Gasteiger partial charge in [-0.05, 0) is 11.8 Å². The van der Waals surface area contributed by atoms with Crippen molar-refractivity contribution in [2.24, 2.45) is 0 Å². The molecule has 0 saturated carbocycles. The van der Waals surface area contributed by atoms with Gasteiger partial charge in [-0.15, -0.1) is 0 Å². The first kappa shape index (κ1) is 11.9. The quantitative estimate of drug-likeness (QED) is 0.782. The highest BCUT2D eigenvalue weighted by atomic mass is 32.2. The van der Waals surface area contributed by atoms with Gasteiger partial charge in [-0.1, -0.05) is 0 Å². The Morgan fingerprint density at radius 2 is 2.20 bits per heavy atom. The minimum atomic E-state index is -4.20. The molecule has 1 aromatic heterocycles. The minimum Gasteiger partial charge on any atom is -0.394 e. The summed E-state index contributed by atoms with van der Waals surface area (Å²) in [5.74, 6) is 0.264. The van der Waals surface area contributed by atoms with Crippen molar-refractivity contribution in [3.05, 3.63) is 12.5 Å². The molecule has 0 aliphatic heterocycles. The molecule has 0 atom stereocenters. The molecule has 84 valence electrons. The Hall–Kier alpha value is -1.18. The highest BCUT2D eigenvalue weighted by molar-refractivity contribution is 8.00. The summed E-state index contributed by atoms with van der Waals surface area (Å²) >= 11 is -0.0880. The van der Waals surface area contributed by atoms with E-state index in [0.29, 0.717) is 11.5 Å². The van der Waals surface area contributed by atoms with Crippen molar-refractivity contribution in [1.82, 2.24) is 9.97 Å². The van der Waals surface area contributed by atoms with E-state index in [0.717, 1.165) is 0 Å². The lowest BCUT2D eigenvalue weighted by atomic mass is 10.5. The van der Waals surface area contributed by atoms with E-state index in [1.165, 1.54) is 12.5 Å². The van der Waals surface area contributed by atoms with Crippen molar-refractivity contribution < 1.29 is 13.2 Å². The van der Waals surface area contributed by atoms with Gasteiger partial charge in [0.15, 0.2) is 5.82 Å². The Kier molecular flexibility index (Phi) is 4.01. The second-order valence-electron chi connectivity index (χ2n) is 2.55. The van der Waals surface area contributed by atoms with Crippen LogP contribution >= 0.6 is 11.8 Å². The van der Waals surface area contributed by atoms with Gasteiger partial charge in [0, 0.05) is 12.3 Å². The standard InChI is InChI=1S/C7H9F3N4S/c8-7(9,10)15-2-1-13-6-5(11)3-12-4-14-6/h3-4H,1-2,11H2,(H,12,13,14). The summed E-state index contributed by atoms with van der Waals surface area (Å²) in [4.78, 5) is 7.43. The van der Waals surface area contributed by atoms with Gasteiger partial charge >= 0.3 is 5.51 Å². The molecular weight excluding hydrogens is 229 g/mol. The first-order chi connectivity index (χ1) is 6.99. The average molecular weight is 238 g/mol. The molecule has 15 heavy (non-hydrogen) atoms. The number of nitrogens with zero attached hydrogens (tertiary/aromatic N) is 2. The molecule has 0 radical (unpaired) electrons. The van der Waals surface area contributed by atoms with Crippen molar-refractivity contribution >= 4 is 23.3 Å². The van der Waals surface area contributed by atoms with Gasteiger partial charge < -0.3 is 11.1 Å². The maximum absolute atomic E-state index is 11.7. The molecular formula is C7H9F3N4S. The summed E-state index contributed by atoms with van der Waals surface area (Å²) < 4.78 is 35.2. The van der Waals surface area contributed by atoms with Gasteiger partial charge in [0.2, 0.25) is 0 Å². The number of nitrogens with one attached hydrogen (secondary N) is 1. The molecule has 0 fully saturated rings. The number of hydrogen-bond acceptors (Lipinski definition) is 5. The van der Waals surface area contributed by atoms with E-state index in [1.54, 1.807) is 0 Å². The normalized spacial score (nSPS) is 11.4. The molecule has 0 bridgehead atoms. The van der Waals surface area contributed by atoms with Gasteiger partial charge in [-0.25, -0.2) is 9.97 Å². The van der Waals surface area contributed by atoms with E-state index in [1.807, 2.05) is 0 Å². The monoisotopic (exact) mass is 238 g/mol. The number of halogens is 3. The van der Waals surface area contributed by atoms with Gasteiger partial charge in [0.1, 0.15) is 6.33 Å². The first-order valence-corrected chi connectivity index (χ1v) is 4.97. The van der Waals surface area contributed by atoms with Crippen LogP contribution in [0.1, 0.15) is 0 Å². The van der Waals surface area contributed by atoms with E-state index in [-0.39, 0.29) is 24.1 Å². The van der Waals surface area contributed by atoms with Crippen molar-refractivity contribution in [3.8, 4) is 0 Å². The molecule has 0 amide bonds. The predicted molar refractivity (Wildman–Crippen MR) is 53.4 cm³/mol. The van der Waals surface area contributed by atoms with E-state index < -0.39 is 5.51 Å². The Balaban J connectivity index is 2.30. The van der Waals surface area contributed by atoms with Crippen molar-refractivity contribution in [2.45, 2.75) is 5.51 Å². The largest absolute Gasteiger partial charge is 0.441 e. The van der Waals surface area contributed by atoms with Gasteiger partial charge in [-0.3, -0.25) is 0 Å². The molecule has 0 aromatic carbocycles. The Bertz CT molecular complexity index is 317. The lowest BCUT2D eigenvalue weighted by Gasteiger charge is -2.08. The van der Waals surface area contributed by atoms with Gasteiger partial charge in [-0.2, -0.15) is 13.2 Å². The van der Waals surface area contributed by atoms with Crippen LogP contribution in [0.4, 0.5) is 24.7 Å². The number of aromatic nitrogens is 2. The molecule has 1 heterocycles. The van der Waals surface area contributed by atoms with E-state index in [4.69, 9.17) is 5.73 Å². The average Bonchev–Trinajstić information content (AvgIpc) is 2.13. The maximum atomic E-state index is 11.7. The zero-order valence-corrected chi connectivity index (χ0v) is 8.40. The van der Waals surface area contributed by atoms with Crippen LogP contribution in [0.3, 0.4) is 0 Å². The lowest BCUT2D eigenvalue weighted by Crippen LogP contribution is -2.11. The van der Waals surface area contributed by atoms with Crippen LogP contribution in [0.5, 0.6) is 0 Å². The molecule has 8 heteroatoms. The third kappa shape index (κ3) is 4.73. The SMILES string of the molecule is Nc1cncnc1NCCSC(F)(F)F. The zero-order chi connectivity index (χ0) is 11.3. The fourth-order valence-corrected chi connectivity index (χ4v) is 1.26. The molecule has 4 nitrogen and oxygen atoms in total. The van der Waals surface area contributed by atoms with Crippen LogP contribution in [-0.2, 0) is 0 Å². The highest BCUT2D eigenvalue weighted by Gasteiger charge is 2.27. The molecule has 1 aromatic rings. The molecule has 3 N–H and O–H groups in total. The predicted octanol–water partition coefficient (Wildman–Crippen LogP) is 1.72. The summed E-state index contributed by atoms with van der Waals surface area (Å²) in [6, 6.07) is 0. The molecule has 0 saturated heterocycles. The number of nitrogen functional groups attached to an aromatic ring is 1. The molecule has 0 unspecified atom stereocenters. The number of hydrogen-bond donors (Lipinski definition) is 2. The summed E-state index contributed by atoms with van der Waals surface area (Å²) in [5.41, 5.74) is 1.59. The number of alkyl halides is 3. The van der Waals surface area contributed by atoms with Crippen LogP contribution in [-0.4, -0.2) is 27.8 Å². The van der Waals surface area contributed by atoms with Crippen molar-refractivity contribution in [1.29, 1.82) is 0 Å². The molecule has 0 spiro atoms. The third-order valence-corrected chi connectivity index (χ3v) is 2.14. The smallest absolute Gasteiger partial charge is 0.394 e. The Labute approximate surface area is 88.5 Å². The summed E-state index contributed by atoms with van der Waals surface area (Å²) in [6.45, 7) is 0.144. The Morgan fingerprint density at radius 1 is 1.47 bits per heavy atom. The van der Waals surface area contributed by atoms with Crippen molar-refractivity contribution in [2.75, 3.05) is 23.3 Å². The van der Waals surface area contributed by atoms with Gasteiger partial charge in [0.25, 0.3) is 0 Å². The molecule has 0 aliphatic rings. The second-order valence-corrected chi connectivity index (χ2v) is 3.71. The number of rotatable bonds is 4. The fourth-order valence-electron chi connectivity index (χ4n) is 0.824. The minimum absolute atomic E-state index is 0.0880. The summed E-state index contributed by atoms with van der Waals surface area (Å²) in [5, 5.41) is 2.69. The Morgan fingerprint density at radius 3 is 2.80 bits per heavy atom. The third-order valence-electron chi connectivity index (χ3n) is 1.40.